The molecule has 1 aliphatic rings. The van der Waals surface area contributed by atoms with E-state index in [1.807, 2.05) is 0 Å². The van der Waals surface area contributed by atoms with E-state index in [1.54, 1.807) is 0 Å². The highest BCUT2D eigenvalue weighted by Crippen LogP contribution is 2.21. The summed E-state index contributed by atoms with van der Waals surface area (Å²) in [7, 11) is 1.34. The van der Waals surface area contributed by atoms with Crippen molar-refractivity contribution in [1.82, 2.24) is 4.90 Å². The first-order valence-corrected chi connectivity index (χ1v) is 6.47. The molecule has 1 aromatic rings. The molecular formula is C14H16FNO5. The van der Waals surface area contributed by atoms with Crippen LogP contribution in [0.25, 0.3) is 0 Å². The molecule has 7 heteroatoms. The summed E-state index contributed by atoms with van der Waals surface area (Å²) in [6.45, 7) is 0.779. The van der Waals surface area contributed by atoms with Gasteiger partial charge in [-0.15, -0.1) is 0 Å². The molecule has 1 atom stereocenters. The standard InChI is InChI=1S/C14H16FNO5/c1-20-12-3-2-9(6-11(12)15)14(19)16-4-5-21-8-10(16)7-13(17)18/h2-3,6,10H,4-5,7-8H2,1H3,(H,17,18)/t10-/m1/s1. The van der Waals surface area contributed by atoms with Crippen molar-refractivity contribution in [1.29, 1.82) is 0 Å². The molecule has 0 aromatic heterocycles. The molecule has 6 nitrogen and oxygen atoms in total. The molecule has 1 heterocycles. The van der Waals surface area contributed by atoms with Crippen LogP contribution in [-0.2, 0) is 9.53 Å². The molecule has 1 aliphatic heterocycles. The van der Waals surface area contributed by atoms with E-state index >= 15 is 0 Å². The fraction of sp³-hybridized carbons (Fsp3) is 0.429. The lowest BCUT2D eigenvalue weighted by molar-refractivity contribution is -0.139. The summed E-state index contributed by atoms with van der Waals surface area (Å²) in [6.07, 6.45) is -0.204. The molecular weight excluding hydrogens is 281 g/mol. The van der Waals surface area contributed by atoms with Gasteiger partial charge in [0, 0.05) is 12.1 Å². The molecule has 0 bridgehead atoms. The van der Waals surface area contributed by atoms with Gasteiger partial charge in [0.2, 0.25) is 0 Å². The molecule has 21 heavy (non-hydrogen) atoms. The van der Waals surface area contributed by atoms with Crippen LogP contribution in [0.5, 0.6) is 5.75 Å². The van der Waals surface area contributed by atoms with Gasteiger partial charge in [0.1, 0.15) is 0 Å². The Hall–Kier alpha value is -2.15. The average Bonchev–Trinajstić information content (AvgIpc) is 2.46. The maximum Gasteiger partial charge on any atom is 0.305 e. The number of carbonyl (C=O) groups excluding carboxylic acids is 1. The quantitative estimate of drug-likeness (QED) is 0.902. The number of methoxy groups -OCH3 is 1. The number of nitrogens with zero attached hydrogens (tertiary/aromatic N) is 1. The minimum atomic E-state index is -1.01. The minimum absolute atomic E-state index is 0.0515. The van der Waals surface area contributed by atoms with Crippen molar-refractivity contribution in [2.75, 3.05) is 26.9 Å². The smallest absolute Gasteiger partial charge is 0.305 e. The van der Waals surface area contributed by atoms with Crippen LogP contribution in [0.3, 0.4) is 0 Å². The lowest BCUT2D eigenvalue weighted by Gasteiger charge is -2.34. The molecule has 1 amide bonds. The largest absolute Gasteiger partial charge is 0.494 e. The summed E-state index contributed by atoms with van der Waals surface area (Å²) >= 11 is 0. The molecule has 0 spiro atoms. The summed E-state index contributed by atoms with van der Waals surface area (Å²) in [5, 5.41) is 8.88. The zero-order chi connectivity index (χ0) is 15.4. The molecule has 0 unspecified atom stereocenters. The van der Waals surface area contributed by atoms with Crippen LogP contribution in [-0.4, -0.2) is 54.8 Å². The Kier molecular flexibility index (Phi) is 4.74. The predicted molar refractivity (Wildman–Crippen MR) is 70.8 cm³/mol. The summed E-state index contributed by atoms with van der Waals surface area (Å²) in [6, 6.07) is 3.37. The normalized spacial score (nSPS) is 18.4. The van der Waals surface area contributed by atoms with E-state index in [-0.39, 0.29) is 30.9 Å². The van der Waals surface area contributed by atoms with E-state index in [0.29, 0.717) is 6.61 Å². The third-order valence-electron chi connectivity index (χ3n) is 3.30. The van der Waals surface area contributed by atoms with E-state index in [4.69, 9.17) is 14.6 Å². The Balaban J connectivity index is 2.20. The summed E-state index contributed by atoms with van der Waals surface area (Å²) in [5.41, 5.74) is 0.158. The fourth-order valence-corrected chi connectivity index (χ4v) is 2.26. The van der Waals surface area contributed by atoms with Crippen molar-refractivity contribution in [3.63, 3.8) is 0 Å². The van der Waals surface area contributed by atoms with Crippen LogP contribution >= 0.6 is 0 Å². The Morgan fingerprint density at radius 3 is 2.90 bits per heavy atom. The molecule has 0 saturated carbocycles. The number of amides is 1. The number of ether oxygens (including phenoxy) is 2. The molecule has 114 valence electrons. The topological polar surface area (TPSA) is 76.1 Å². The minimum Gasteiger partial charge on any atom is -0.494 e. The number of rotatable bonds is 4. The second kappa shape index (κ2) is 6.53. The second-order valence-corrected chi connectivity index (χ2v) is 4.67. The molecule has 0 radical (unpaired) electrons. The fourth-order valence-electron chi connectivity index (χ4n) is 2.26. The first-order chi connectivity index (χ1) is 10.0. The average molecular weight is 297 g/mol. The van der Waals surface area contributed by atoms with E-state index in [9.17, 15) is 14.0 Å². The number of carbonyl (C=O) groups is 2. The van der Waals surface area contributed by atoms with E-state index < -0.39 is 23.7 Å². The van der Waals surface area contributed by atoms with Gasteiger partial charge in [-0.1, -0.05) is 0 Å². The molecule has 1 aromatic carbocycles. The van der Waals surface area contributed by atoms with Gasteiger partial charge >= 0.3 is 5.97 Å². The third-order valence-corrected chi connectivity index (χ3v) is 3.30. The van der Waals surface area contributed by atoms with Crippen molar-refractivity contribution in [2.24, 2.45) is 0 Å². The monoisotopic (exact) mass is 297 g/mol. The van der Waals surface area contributed by atoms with E-state index in [1.165, 1.54) is 24.1 Å². The van der Waals surface area contributed by atoms with Crippen LogP contribution in [0, 0.1) is 5.82 Å². The van der Waals surface area contributed by atoms with Crippen LogP contribution in [0.15, 0.2) is 18.2 Å². The Bertz CT molecular complexity index is 548. The van der Waals surface area contributed by atoms with Crippen LogP contribution < -0.4 is 4.74 Å². The maximum atomic E-state index is 13.7. The number of halogens is 1. The van der Waals surface area contributed by atoms with Gasteiger partial charge in [-0.05, 0) is 18.2 Å². The lowest BCUT2D eigenvalue weighted by Crippen LogP contribution is -2.49. The number of hydrogen-bond acceptors (Lipinski definition) is 4. The molecule has 1 fully saturated rings. The van der Waals surface area contributed by atoms with Crippen molar-refractivity contribution in [2.45, 2.75) is 12.5 Å². The van der Waals surface area contributed by atoms with Crippen LogP contribution in [0.1, 0.15) is 16.8 Å². The second-order valence-electron chi connectivity index (χ2n) is 4.67. The van der Waals surface area contributed by atoms with Crippen molar-refractivity contribution >= 4 is 11.9 Å². The molecule has 1 saturated heterocycles. The Labute approximate surface area is 121 Å². The molecule has 2 rings (SSSR count). The van der Waals surface area contributed by atoms with Gasteiger partial charge in [0.15, 0.2) is 11.6 Å². The van der Waals surface area contributed by atoms with Crippen molar-refractivity contribution < 1.29 is 28.6 Å². The number of carboxylic acid groups (broad SMARTS) is 1. The summed E-state index contributed by atoms with van der Waals surface area (Å²) < 4.78 is 23.7. The number of morpholine rings is 1. The first kappa shape index (κ1) is 15.2. The Morgan fingerprint density at radius 1 is 1.52 bits per heavy atom. The first-order valence-electron chi connectivity index (χ1n) is 6.47. The van der Waals surface area contributed by atoms with Gasteiger partial charge in [0.05, 0.1) is 32.8 Å². The maximum absolute atomic E-state index is 13.7. The van der Waals surface area contributed by atoms with Gasteiger partial charge in [0.25, 0.3) is 5.91 Å². The van der Waals surface area contributed by atoms with Gasteiger partial charge in [-0.2, -0.15) is 0 Å². The van der Waals surface area contributed by atoms with Gasteiger partial charge < -0.3 is 19.5 Å². The van der Waals surface area contributed by atoms with Gasteiger partial charge in [-0.3, -0.25) is 9.59 Å². The highest BCUT2D eigenvalue weighted by Gasteiger charge is 2.30. The summed E-state index contributed by atoms with van der Waals surface area (Å²) in [5.74, 6) is -2.00. The highest BCUT2D eigenvalue weighted by atomic mass is 19.1. The van der Waals surface area contributed by atoms with Crippen molar-refractivity contribution in [3.05, 3.63) is 29.6 Å². The predicted octanol–water partition coefficient (Wildman–Crippen LogP) is 1.15. The van der Waals surface area contributed by atoms with E-state index in [2.05, 4.69) is 0 Å². The molecule has 0 aliphatic carbocycles. The van der Waals surface area contributed by atoms with E-state index in [0.717, 1.165) is 6.07 Å². The van der Waals surface area contributed by atoms with Crippen LogP contribution in [0.2, 0.25) is 0 Å². The zero-order valence-electron chi connectivity index (χ0n) is 11.5. The van der Waals surface area contributed by atoms with Crippen LogP contribution in [0.4, 0.5) is 4.39 Å². The highest BCUT2D eigenvalue weighted by molar-refractivity contribution is 5.95. The molecule has 1 N–H and O–H groups in total. The summed E-state index contributed by atoms with van der Waals surface area (Å²) in [4.78, 5) is 24.7. The number of carboxylic acids is 1. The SMILES string of the molecule is COc1ccc(C(=O)N2CCOC[C@H]2CC(=O)O)cc1F. The lowest BCUT2D eigenvalue weighted by atomic mass is 10.1. The Morgan fingerprint density at radius 2 is 2.29 bits per heavy atom. The zero-order valence-corrected chi connectivity index (χ0v) is 11.5. The number of benzene rings is 1. The van der Waals surface area contributed by atoms with Crippen molar-refractivity contribution in [3.8, 4) is 5.75 Å². The number of hydrogen-bond donors (Lipinski definition) is 1. The third kappa shape index (κ3) is 3.49. The van der Waals surface area contributed by atoms with Gasteiger partial charge in [-0.25, -0.2) is 4.39 Å². The number of aliphatic carboxylic acids is 1.